The largest absolute Gasteiger partial charge is 0.573 e. The summed E-state index contributed by atoms with van der Waals surface area (Å²) >= 11 is 0. The van der Waals surface area contributed by atoms with Crippen molar-refractivity contribution in [3.63, 3.8) is 0 Å². The van der Waals surface area contributed by atoms with E-state index in [9.17, 15) is 53.9 Å². The van der Waals surface area contributed by atoms with Gasteiger partial charge in [-0.3, -0.25) is 14.4 Å². The summed E-state index contributed by atoms with van der Waals surface area (Å²) in [5, 5.41) is 7.76. The molecule has 0 aromatic heterocycles. The van der Waals surface area contributed by atoms with Gasteiger partial charge in [-0.25, -0.2) is 0 Å². The Labute approximate surface area is 368 Å². The Morgan fingerprint density at radius 3 is 0.818 bits per heavy atom. The molecule has 0 spiro atoms. The van der Waals surface area contributed by atoms with Gasteiger partial charge in [0.25, 0.3) is 17.7 Å². The monoisotopic (exact) mass is 921 g/mol. The molecule has 3 amide bonds. The number of anilines is 3. The van der Waals surface area contributed by atoms with Gasteiger partial charge in [0, 0.05) is 33.8 Å². The van der Waals surface area contributed by atoms with Crippen LogP contribution >= 0.6 is 0 Å². The van der Waals surface area contributed by atoms with Crippen LogP contribution < -0.4 is 46.5 Å². The Balaban J connectivity index is 1.21. The molecule has 1 heterocycles. The van der Waals surface area contributed by atoms with Crippen molar-refractivity contribution in [1.29, 1.82) is 0 Å². The quantitative estimate of drug-likeness (QED) is 0.0833. The fourth-order valence-electron chi connectivity index (χ4n) is 6.42. The molecule has 0 saturated carbocycles. The molecule has 12 nitrogen and oxygen atoms in total. The molecule has 0 radical (unpaired) electrons. The zero-order valence-corrected chi connectivity index (χ0v) is 33.2. The normalized spacial score (nSPS) is 13.1. The summed E-state index contributed by atoms with van der Waals surface area (Å²) in [5.41, 5.74) is 0.336. The molecule has 1 fully saturated rings. The number of ether oxygens (including phenoxy) is 3. The molecule has 1 aliphatic heterocycles. The fourth-order valence-corrected chi connectivity index (χ4v) is 6.42. The van der Waals surface area contributed by atoms with Crippen molar-refractivity contribution in [3.05, 3.63) is 162 Å². The molecule has 6 aromatic carbocycles. The summed E-state index contributed by atoms with van der Waals surface area (Å²) in [7, 11) is -4.60. The average molecular weight is 921 g/mol. The molecule has 6 aromatic rings. The summed E-state index contributed by atoms with van der Waals surface area (Å²) < 4.78 is 145. The van der Waals surface area contributed by atoms with Crippen molar-refractivity contribution < 1.29 is 81.8 Å². The molecule has 336 valence electrons. The molecule has 1 saturated heterocycles. The van der Waals surface area contributed by atoms with E-state index in [4.69, 9.17) is 13.7 Å². The number of hydrogen-bond acceptors (Lipinski definition) is 9. The van der Waals surface area contributed by atoms with Crippen LogP contribution in [0.25, 0.3) is 0 Å². The number of amides is 3. The zero-order valence-electron chi connectivity index (χ0n) is 33.2. The molecule has 7 rings (SSSR count). The highest BCUT2D eigenvalue weighted by molar-refractivity contribution is 6.88. The number of benzene rings is 6. The van der Waals surface area contributed by atoms with Gasteiger partial charge in [0.1, 0.15) is 17.2 Å². The lowest BCUT2D eigenvalue weighted by atomic mass is 9.59. The van der Waals surface area contributed by atoms with Crippen LogP contribution in [-0.2, 0) is 13.7 Å². The highest BCUT2D eigenvalue weighted by Crippen LogP contribution is 2.27. The number of hydrogen-bond donors (Lipinski definition) is 3. The third-order valence-corrected chi connectivity index (χ3v) is 9.16. The van der Waals surface area contributed by atoms with Crippen LogP contribution in [0.1, 0.15) is 31.1 Å². The van der Waals surface area contributed by atoms with E-state index in [1.165, 1.54) is 91.0 Å². The minimum absolute atomic E-state index is 0.0505. The van der Waals surface area contributed by atoms with Crippen molar-refractivity contribution in [2.75, 3.05) is 16.0 Å². The van der Waals surface area contributed by atoms with E-state index < -0.39 is 75.4 Å². The van der Waals surface area contributed by atoms with E-state index in [-0.39, 0.29) is 50.1 Å². The van der Waals surface area contributed by atoms with Crippen molar-refractivity contribution in [2.24, 2.45) is 0 Å². The first-order valence-corrected chi connectivity index (χ1v) is 19.0. The summed E-state index contributed by atoms with van der Waals surface area (Å²) in [4.78, 5) is 41.4. The molecule has 0 unspecified atom stereocenters. The number of rotatable bonds is 12. The van der Waals surface area contributed by atoms with Crippen molar-refractivity contribution in [3.8, 4) is 17.2 Å². The van der Waals surface area contributed by atoms with Gasteiger partial charge in [-0.2, -0.15) is 0 Å². The predicted octanol–water partition coefficient (Wildman–Crippen LogP) is 7.69. The maximum Gasteiger partial charge on any atom is 0.573 e. The van der Waals surface area contributed by atoms with Gasteiger partial charge >= 0.3 is 40.4 Å². The molecule has 3 N–H and O–H groups in total. The zero-order chi connectivity index (χ0) is 47.2. The number of halogens is 9. The average Bonchev–Trinajstić information content (AvgIpc) is 3.26. The first kappa shape index (κ1) is 46.6. The van der Waals surface area contributed by atoms with Gasteiger partial charge in [0.2, 0.25) is 0 Å². The minimum Gasteiger partial charge on any atom is -0.445 e. The lowest BCUT2D eigenvalue weighted by molar-refractivity contribution is -0.275. The molecule has 1 aliphatic rings. The van der Waals surface area contributed by atoms with Gasteiger partial charge in [0.05, 0.1) is 0 Å². The second-order valence-corrected chi connectivity index (χ2v) is 13.7. The fraction of sp³-hybridized carbons (Fsp3) is 0.0714. The second kappa shape index (κ2) is 19.4. The van der Waals surface area contributed by atoms with Gasteiger partial charge in [-0.15, -0.1) is 39.5 Å². The SMILES string of the molecule is O=C(Nc1ccc(OC(F)(F)F)cc1)c1ccccc1B1OB(c2ccccc2C(=O)Nc2ccc(OC(F)(F)F)cc2)OB(c2ccccc2C(=O)Nc2ccc(OC(F)(F)F)cc2)O1. The third kappa shape index (κ3) is 12.4. The van der Waals surface area contributed by atoms with E-state index >= 15 is 0 Å². The van der Waals surface area contributed by atoms with Gasteiger partial charge < -0.3 is 43.9 Å². The van der Waals surface area contributed by atoms with Crippen molar-refractivity contribution in [2.45, 2.75) is 19.1 Å². The van der Waals surface area contributed by atoms with Crippen LogP contribution in [0.4, 0.5) is 56.6 Å². The molecule has 0 bridgehead atoms. The van der Waals surface area contributed by atoms with E-state index in [0.29, 0.717) is 0 Å². The van der Waals surface area contributed by atoms with E-state index in [2.05, 4.69) is 30.2 Å². The summed E-state index contributed by atoms with van der Waals surface area (Å²) in [6, 6.07) is 30.8. The highest BCUT2D eigenvalue weighted by Gasteiger charge is 2.47. The van der Waals surface area contributed by atoms with E-state index in [0.717, 1.165) is 36.4 Å². The van der Waals surface area contributed by atoms with Crippen LogP contribution in [0, 0.1) is 0 Å². The van der Waals surface area contributed by atoms with E-state index in [1.807, 2.05) is 0 Å². The topological polar surface area (TPSA) is 143 Å². The first-order valence-electron chi connectivity index (χ1n) is 19.0. The molecular weight excluding hydrogens is 894 g/mol. The van der Waals surface area contributed by atoms with E-state index in [1.54, 1.807) is 18.2 Å². The van der Waals surface area contributed by atoms with Crippen LogP contribution in [0.5, 0.6) is 17.2 Å². The molecule has 24 heteroatoms. The van der Waals surface area contributed by atoms with Crippen LogP contribution in [-0.4, -0.2) is 58.2 Å². The Morgan fingerprint density at radius 1 is 0.364 bits per heavy atom. The maximum absolute atomic E-state index is 13.8. The Bertz CT molecular complexity index is 2400. The molecular formula is C42H27B3F9N3O9. The summed E-state index contributed by atoms with van der Waals surface area (Å²) in [5.74, 6) is -3.90. The lowest BCUT2D eigenvalue weighted by Gasteiger charge is -2.33. The highest BCUT2D eigenvalue weighted by atomic mass is 19.4. The number of nitrogens with one attached hydrogen (secondary N) is 3. The Kier molecular flexibility index (Phi) is 13.7. The number of carbonyl (C=O) groups is 3. The van der Waals surface area contributed by atoms with Crippen LogP contribution in [0.15, 0.2) is 146 Å². The number of alkyl halides is 9. The Hall–Kier alpha value is -7.43. The van der Waals surface area contributed by atoms with Crippen LogP contribution in [0.3, 0.4) is 0 Å². The number of carbonyl (C=O) groups excluding carboxylic acids is 3. The summed E-state index contributed by atoms with van der Waals surface area (Å²) in [6.45, 7) is 0. The second-order valence-electron chi connectivity index (χ2n) is 13.7. The van der Waals surface area contributed by atoms with Gasteiger partial charge in [-0.1, -0.05) is 54.6 Å². The first-order chi connectivity index (χ1) is 31.3. The maximum atomic E-state index is 13.8. The van der Waals surface area contributed by atoms with Crippen LogP contribution in [0.2, 0.25) is 0 Å². The van der Waals surface area contributed by atoms with Crippen molar-refractivity contribution >= 4 is 72.5 Å². The van der Waals surface area contributed by atoms with Gasteiger partial charge in [-0.05, 0) is 107 Å². The Morgan fingerprint density at radius 2 is 0.591 bits per heavy atom. The standard InChI is InChI=1S/C42H27B3F9N3O9/c46-40(47,48)61-28-19-13-25(14-20-28)55-37(58)31-7-1-4-10-34(31)43-64-44(35-11-5-2-8-32(35)38(59)56-26-15-21-29(22-16-26)62-41(49,50)51)66-45(65-43)36-12-6-3-9-33(36)39(60)57-27-17-23-30(24-18-27)63-42(52,53)54/h1-24H,(H,55,58)(H,56,59)(H,57,60). The van der Waals surface area contributed by atoms with Gasteiger partial charge in [0.15, 0.2) is 0 Å². The minimum atomic E-state index is -4.95. The molecule has 0 aliphatic carbocycles. The summed E-state index contributed by atoms with van der Waals surface area (Å²) in [6.07, 6.45) is -14.9. The molecule has 66 heavy (non-hydrogen) atoms. The van der Waals surface area contributed by atoms with Crippen molar-refractivity contribution in [1.82, 2.24) is 0 Å². The predicted molar refractivity (Wildman–Crippen MR) is 222 cm³/mol. The lowest BCUT2D eigenvalue weighted by Crippen LogP contribution is -2.63. The third-order valence-electron chi connectivity index (χ3n) is 9.16. The molecule has 0 atom stereocenters. The smallest absolute Gasteiger partial charge is 0.445 e.